The molecule has 0 atom stereocenters. The van der Waals surface area contributed by atoms with Crippen molar-refractivity contribution in [2.75, 3.05) is 5.32 Å². The summed E-state index contributed by atoms with van der Waals surface area (Å²) in [6, 6.07) is 3.42. The maximum Gasteiger partial charge on any atom is 0.253 e. The number of nitrogens with zero attached hydrogens (tertiary/aromatic N) is 3. The Morgan fingerprint density at radius 1 is 1.59 bits per heavy atom. The average Bonchev–Trinajstić information content (AvgIpc) is 2.77. The number of H-pyrrole nitrogens is 1. The highest BCUT2D eigenvalue weighted by Gasteiger charge is 2.06. The predicted molar refractivity (Wildman–Crippen MR) is 60.5 cm³/mol. The molecule has 2 rings (SSSR count). The molecule has 2 heterocycles. The first-order chi connectivity index (χ1) is 8.16. The number of anilines is 1. The van der Waals surface area contributed by atoms with Crippen molar-refractivity contribution < 1.29 is 4.79 Å². The minimum Gasteiger partial charge on any atom is -0.306 e. The van der Waals surface area contributed by atoms with Gasteiger partial charge in [-0.1, -0.05) is 6.07 Å². The van der Waals surface area contributed by atoms with Crippen LogP contribution in [0.25, 0.3) is 0 Å². The third-order valence-electron chi connectivity index (χ3n) is 2.20. The third kappa shape index (κ3) is 2.57. The van der Waals surface area contributed by atoms with Crippen LogP contribution in [0, 0.1) is 6.92 Å². The summed E-state index contributed by atoms with van der Waals surface area (Å²) < 4.78 is 1.33. The van der Waals surface area contributed by atoms with Gasteiger partial charge in [0.2, 0.25) is 11.9 Å². The van der Waals surface area contributed by atoms with E-state index in [1.807, 2.05) is 0 Å². The largest absolute Gasteiger partial charge is 0.306 e. The number of carbonyl (C=O) groups excluding carboxylic acids is 1. The van der Waals surface area contributed by atoms with Crippen molar-refractivity contribution in [2.24, 2.45) is 0 Å². The standard InChI is InChI=1S/C10H11N5O2/c1-7-3-2-4-15(9(7)17)5-8(16)13-10-11-6-12-14-10/h2-4,6H,5H2,1H3,(H2,11,12,13,14,16). The summed E-state index contributed by atoms with van der Waals surface area (Å²) >= 11 is 0. The molecular formula is C10H11N5O2. The second-order valence-electron chi connectivity index (χ2n) is 3.51. The SMILES string of the molecule is Cc1cccn(CC(=O)Nc2ncn[nH]2)c1=O. The number of nitrogens with one attached hydrogen (secondary N) is 2. The lowest BCUT2D eigenvalue weighted by atomic mass is 10.3. The van der Waals surface area contributed by atoms with Crippen molar-refractivity contribution in [3.05, 3.63) is 40.6 Å². The summed E-state index contributed by atoms with van der Waals surface area (Å²) in [5.41, 5.74) is 0.417. The average molecular weight is 233 g/mol. The van der Waals surface area contributed by atoms with Crippen LogP contribution >= 0.6 is 0 Å². The lowest BCUT2D eigenvalue weighted by Gasteiger charge is -2.05. The van der Waals surface area contributed by atoms with Crippen LogP contribution in [0.4, 0.5) is 5.95 Å². The van der Waals surface area contributed by atoms with Crippen molar-refractivity contribution in [3.8, 4) is 0 Å². The Morgan fingerprint density at radius 3 is 3.12 bits per heavy atom. The topological polar surface area (TPSA) is 92.7 Å². The van der Waals surface area contributed by atoms with E-state index in [0.29, 0.717) is 5.56 Å². The second-order valence-corrected chi connectivity index (χ2v) is 3.51. The summed E-state index contributed by atoms with van der Waals surface area (Å²) in [6.07, 6.45) is 2.85. The molecule has 2 N–H and O–H groups in total. The van der Waals surface area contributed by atoms with Crippen molar-refractivity contribution >= 4 is 11.9 Å². The molecule has 7 heteroatoms. The van der Waals surface area contributed by atoms with Gasteiger partial charge in [0.25, 0.3) is 5.56 Å². The molecule has 0 spiro atoms. The van der Waals surface area contributed by atoms with E-state index in [2.05, 4.69) is 20.5 Å². The fraction of sp³-hybridized carbons (Fsp3) is 0.200. The van der Waals surface area contributed by atoms with Gasteiger partial charge in [-0.05, 0) is 13.0 Å². The number of pyridine rings is 1. The van der Waals surface area contributed by atoms with E-state index in [1.54, 1.807) is 25.3 Å². The summed E-state index contributed by atoms with van der Waals surface area (Å²) in [4.78, 5) is 27.0. The first-order valence-electron chi connectivity index (χ1n) is 4.98. The molecule has 0 aliphatic rings. The highest BCUT2D eigenvalue weighted by Crippen LogP contribution is 1.94. The molecule has 0 aromatic carbocycles. The van der Waals surface area contributed by atoms with Gasteiger partial charge in [-0.15, -0.1) is 0 Å². The van der Waals surface area contributed by atoms with Crippen LogP contribution in [0.1, 0.15) is 5.56 Å². The number of hydrogen-bond donors (Lipinski definition) is 2. The molecule has 0 bridgehead atoms. The molecule has 0 saturated carbocycles. The Morgan fingerprint density at radius 2 is 2.41 bits per heavy atom. The molecule has 2 aromatic heterocycles. The van der Waals surface area contributed by atoms with Crippen LogP contribution in [0.2, 0.25) is 0 Å². The molecule has 1 amide bonds. The first kappa shape index (κ1) is 11.1. The molecule has 88 valence electrons. The van der Waals surface area contributed by atoms with Gasteiger partial charge in [-0.3, -0.25) is 14.9 Å². The van der Waals surface area contributed by atoms with Crippen molar-refractivity contribution in [1.82, 2.24) is 19.7 Å². The second kappa shape index (κ2) is 4.60. The van der Waals surface area contributed by atoms with Gasteiger partial charge in [0.15, 0.2) is 0 Å². The monoisotopic (exact) mass is 233 g/mol. The van der Waals surface area contributed by atoms with E-state index in [9.17, 15) is 9.59 Å². The van der Waals surface area contributed by atoms with Gasteiger partial charge in [-0.25, -0.2) is 5.10 Å². The Labute approximate surface area is 96.5 Å². The van der Waals surface area contributed by atoms with Crippen LogP contribution in [0.15, 0.2) is 29.5 Å². The zero-order chi connectivity index (χ0) is 12.3. The number of amides is 1. The summed E-state index contributed by atoms with van der Waals surface area (Å²) in [5, 5.41) is 8.58. The van der Waals surface area contributed by atoms with Crippen molar-refractivity contribution in [1.29, 1.82) is 0 Å². The Kier molecular flexibility index (Phi) is 2.99. The summed E-state index contributed by atoms with van der Waals surface area (Å²) in [6.45, 7) is 1.65. The molecule has 0 saturated heterocycles. The minimum absolute atomic E-state index is 0.0544. The van der Waals surface area contributed by atoms with Crippen LogP contribution in [0.5, 0.6) is 0 Å². The molecular weight excluding hydrogens is 222 g/mol. The quantitative estimate of drug-likeness (QED) is 0.775. The number of aromatic nitrogens is 4. The van der Waals surface area contributed by atoms with Gasteiger partial charge >= 0.3 is 0 Å². The van der Waals surface area contributed by atoms with Crippen LogP contribution in [-0.4, -0.2) is 25.7 Å². The number of rotatable bonds is 3. The van der Waals surface area contributed by atoms with Crippen molar-refractivity contribution in [3.63, 3.8) is 0 Å². The van der Waals surface area contributed by atoms with Gasteiger partial charge < -0.3 is 4.57 Å². The lowest BCUT2D eigenvalue weighted by Crippen LogP contribution is -2.28. The third-order valence-corrected chi connectivity index (χ3v) is 2.20. The van der Waals surface area contributed by atoms with Crippen LogP contribution in [-0.2, 0) is 11.3 Å². The molecule has 2 aromatic rings. The molecule has 7 nitrogen and oxygen atoms in total. The molecule has 0 fully saturated rings. The van der Waals surface area contributed by atoms with E-state index in [0.717, 1.165) is 0 Å². The van der Waals surface area contributed by atoms with Gasteiger partial charge in [0.05, 0.1) is 0 Å². The predicted octanol–water partition coefficient (Wildman–Crippen LogP) is -0.0865. The van der Waals surface area contributed by atoms with E-state index in [4.69, 9.17) is 0 Å². The minimum atomic E-state index is -0.338. The van der Waals surface area contributed by atoms with E-state index >= 15 is 0 Å². The normalized spacial score (nSPS) is 10.2. The number of aromatic amines is 1. The summed E-state index contributed by atoms with van der Waals surface area (Å²) in [5.74, 6) is -0.0786. The number of hydrogen-bond acceptors (Lipinski definition) is 4. The van der Waals surface area contributed by atoms with Gasteiger partial charge in [0.1, 0.15) is 12.9 Å². The zero-order valence-corrected chi connectivity index (χ0v) is 9.17. The number of aryl methyl sites for hydroxylation is 1. The van der Waals surface area contributed by atoms with Crippen LogP contribution in [0.3, 0.4) is 0 Å². The van der Waals surface area contributed by atoms with Gasteiger partial charge in [-0.2, -0.15) is 10.1 Å². The highest BCUT2D eigenvalue weighted by atomic mass is 16.2. The maximum absolute atomic E-state index is 11.7. The number of carbonyl (C=O) groups is 1. The smallest absolute Gasteiger partial charge is 0.253 e. The van der Waals surface area contributed by atoms with Gasteiger partial charge in [0, 0.05) is 11.8 Å². The summed E-state index contributed by atoms with van der Waals surface area (Å²) in [7, 11) is 0. The highest BCUT2D eigenvalue weighted by molar-refractivity contribution is 5.88. The Balaban J connectivity index is 2.08. The van der Waals surface area contributed by atoms with E-state index in [-0.39, 0.29) is 24.0 Å². The first-order valence-corrected chi connectivity index (χ1v) is 4.98. The Bertz CT molecular complexity index is 573. The molecule has 0 unspecified atom stereocenters. The lowest BCUT2D eigenvalue weighted by molar-refractivity contribution is -0.116. The molecule has 0 radical (unpaired) electrons. The van der Waals surface area contributed by atoms with E-state index < -0.39 is 0 Å². The fourth-order valence-corrected chi connectivity index (χ4v) is 1.37. The molecule has 17 heavy (non-hydrogen) atoms. The zero-order valence-electron chi connectivity index (χ0n) is 9.17. The molecule has 0 aliphatic heterocycles. The van der Waals surface area contributed by atoms with Crippen LogP contribution < -0.4 is 10.9 Å². The van der Waals surface area contributed by atoms with Crippen molar-refractivity contribution in [2.45, 2.75) is 13.5 Å². The molecule has 0 aliphatic carbocycles. The fourth-order valence-electron chi connectivity index (χ4n) is 1.37. The van der Waals surface area contributed by atoms with E-state index in [1.165, 1.54) is 10.9 Å². The Hall–Kier alpha value is -2.44. The maximum atomic E-state index is 11.7.